The van der Waals surface area contributed by atoms with Gasteiger partial charge in [0.1, 0.15) is 0 Å². The zero-order chi connectivity index (χ0) is 13.3. The predicted molar refractivity (Wildman–Crippen MR) is 74.1 cm³/mol. The fraction of sp³-hybridized carbons (Fsp3) is 0.500. The number of phenols is 1. The molecule has 1 aromatic rings. The highest BCUT2D eigenvalue weighted by molar-refractivity contribution is 5.85. The van der Waals surface area contributed by atoms with E-state index in [1.54, 1.807) is 13.4 Å². The molecule has 0 aromatic heterocycles. The first-order valence-corrected chi connectivity index (χ1v) is 6.11. The summed E-state index contributed by atoms with van der Waals surface area (Å²) in [5.41, 5.74) is 1.90. The van der Waals surface area contributed by atoms with Crippen LogP contribution in [0.3, 0.4) is 0 Å². The summed E-state index contributed by atoms with van der Waals surface area (Å²) in [7, 11) is 1.57. The molecular formula is C14H20N2O2. The van der Waals surface area contributed by atoms with Gasteiger partial charge in [-0.15, -0.1) is 0 Å². The molecule has 2 rings (SSSR count). The summed E-state index contributed by atoms with van der Waals surface area (Å²) in [6.45, 7) is 7.98. The third-order valence-corrected chi connectivity index (χ3v) is 3.14. The van der Waals surface area contributed by atoms with Gasteiger partial charge in [-0.25, -0.2) is 0 Å². The predicted octanol–water partition coefficient (Wildman–Crippen LogP) is 2.55. The highest BCUT2D eigenvalue weighted by atomic mass is 16.5. The zero-order valence-corrected chi connectivity index (χ0v) is 11.4. The van der Waals surface area contributed by atoms with E-state index in [-0.39, 0.29) is 11.2 Å². The summed E-state index contributed by atoms with van der Waals surface area (Å²) in [4.78, 5) is 6.13. The van der Waals surface area contributed by atoms with Crippen molar-refractivity contribution in [1.82, 2.24) is 0 Å². The van der Waals surface area contributed by atoms with Crippen molar-refractivity contribution in [3.05, 3.63) is 17.7 Å². The fourth-order valence-electron chi connectivity index (χ4n) is 1.96. The summed E-state index contributed by atoms with van der Waals surface area (Å²) in [6, 6.07) is 3.90. The van der Waals surface area contributed by atoms with Crippen molar-refractivity contribution in [3.63, 3.8) is 0 Å². The third-order valence-electron chi connectivity index (χ3n) is 3.14. The van der Waals surface area contributed by atoms with Gasteiger partial charge in [0.2, 0.25) is 0 Å². The molecule has 1 aromatic carbocycles. The van der Waals surface area contributed by atoms with Gasteiger partial charge >= 0.3 is 0 Å². The maximum atomic E-state index is 10.2. The van der Waals surface area contributed by atoms with E-state index in [0.717, 1.165) is 24.3 Å². The minimum Gasteiger partial charge on any atom is -0.503 e. The molecular weight excluding hydrogens is 228 g/mol. The molecule has 0 saturated heterocycles. The molecule has 0 amide bonds. The van der Waals surface area contributed by atoms with Crippen LogP contribution in [0, 0.1) is 0 Å². The first-order chi connectivity index (χ1) is 8.43. The van der Waals surface area contributed by atoms with Crippen LogP contribution < -0.4 is 9.64 Å². The lowest BCUT2D eigenvalue weighted by molar-refractivity contribution is 0.372. The van der Waals surface area contributed by atoms with Gasteiger partial charge in [-0.05, 0) is 23.1 Å². The number of nitrogens with zero attached hydrogens (tertiary/aromatic N) is 2. The van der Waals surface area contributed by atoms with Gasteiger partial charge in [0.15, 0.2) is 11.5 Å². The number of rotatable bonds is 2. The average molecular weight is 248 g/mol. The Hall–Kier alpha value is -1.71. The standard InChI is InChI=1S/C14H20N2O2/c1-14(2,3)10-7-11(16-6-5-15-9-16)13(17)12(8-10)18-4/h7-9,17H,5-6H2,1-4H3. The number of ether oxygens (including phenoxy) is 1. The van der Waals surface area contributed by atoms with Crippen molar-refractivity contribution in [2.45, 2.75) is 26.2 Å². The van der Waals surface area contributed by atoms with Crippen LogP contribution in [-0.4, -0.2) is 31.6 Å². The van der Waals surface area contributed by atoms with Crippen LogP contribution >= 0.6 is 0 Å². The molecule has 0 atom stereocenters. The molecule has 4 nitrogen and oxygen atoms in total. The Kier molecular flexibility index (Phi) is 3.20. The smallest absolute Gasteiger partial charge is 0.182 e. The molecule has 1 aliphatic rings. The first-order valence-electron chi connectivity index (χ1n) is 6.11. The van der Waals surface area contributed by atoms with E-state index in [0.29, 0.717) is 5.75 Å². The van der Waals surface area contributed by atoms with E-state index in [2.05, 4.69) is 25.8 Å². The van der Waals surface area contributed by atoms with Crippen molar-refractivity contribution in [3.8, 4) is 11.5 Å². The Morgan fingerprint density at radius 1 is 1.33 bits per heavy atom. The lowest BCUT2D eigenvalue weighted by atomic mass is 9.86. The molecule has 0 saturated carbocycles. The van der Waals surface area contributed by atoms with Crippen LogP contribution in [0.2, 0.25) is 0 Å². The number of aliphatic imine (C=N–C) groups is 1. The average Bonchev–Trinajstić information content (AvgIpc) is 2.81. The Bertz CT molecular complexity index is 475. The normalized spacial score (nSPS) is 15.2. The molecule has 0 aliphatic carbocycles. The first kappa shape index (κ1) is 12.7. The molecule has 0 spiro atoms. The summed E-state index contributed by atoms with van der Waals surface area (Å²) in [5, 5.41) is 10.2. The van der Waals surface area contributed by atoms with Crippen LogP contribution in [0.25, 0.3) is 0 Å². The monoisotopic (exact) mass is 248 g/mol. The topological polar surface area (TPSA) is 45.1 Å². The van der Waals surface area contributed by atoms with Gasteiger partial charge in [-0.2, -0.15) is 0 Å². The second-order valence-corrected chi connectivity index (χ2v) is 5.51. The number of anilines is 1. The Morgan fingerprint density at radius 3 is 2.56 bits per heavy atom. The molecule has 4 heteroatoms. The van der Waals surface area contributed by atoms with Crippen LogP contribution in [0.1, 0.15) is 26.3 Å². The largest absolute Gasteiger partial charge is 0.503 e. The maximum Gasteiger partial charge on any atom is 0.182 e. The van der Waals surface area contributed by atoms with Gasteiger partial charge in [-0.3, -0.25) is 4.99 Å². The van der Waals surface area contributed by atoms with Crippen molar-refractivity contribution >= 4 is 12.0 Å². The van der Waals surface area contributed by atoms with Gasteiger partial charge in [0.05, 0.1) is 25.7 Å². The van der Waals surface area contributed by atoms with Gasteiger partial charge in [0, 0.05) is 6.54 Å². The molecule has 1 heterocycles. The number of methoxy groups -OCH3 is 1. The third kappa shape index (κ3) is 2.28. The molecule has 0 bridgehead atoms. The number of benzene rings is 1. The molecule has 0 radical (unpaired) electrons. The van der Waals surface area contributed by atoms with Gasteiger partial charge in [-0.1, -0.05) is 20.8 Å². The van der Waals surface area contributed by atoms with E-state index in [1.165, 1.54) is 0 Å². The van der Waals surface area contributed by atoms with Gasteiger partial charge in [0.25, 0.3) is 0 Å². The second-order valence-electron chi connectivity index (χ2n) is 5.51. The molecule has 0 fully saturated rings. The highest BCUT2D eigenvalue weighted by Gasteiger charge is 2.22. The van der Waals surface area contributed by atoms with Crippen molar-refractivity contribution < 1.29 is 9.84 Å². The Balaban J connectivity index is 2.53. The molecule has 0 unspecified atom stereocenters. The summed E-state index contributed by atoms with van der Waals surface area (Å²) in [5.74, 6) is 0.691. The lowest BCUT2D eigenvalue weighted by Crippen LogP contribution is -2.20. The quantitative estimate of drug-likeness (QED) is 0.874. The number of hydrogen-bond donors (Lipinski definition) is 1. The molecule has 18 heavy (non-hydrogen) atoms. The summed E-state index contributed by atoms with van der Waals surface area (Å²) >= 11 is 0. The van der Waals surface area contributed by atoms with Crippen molar-refractivity contribution in [2.24, 2.45) is 4.99 Å². The van der Waals surface area contributed by atoms with Gasteiger partial charge < -0.3 is 14.7 Å². The minimum absolute atomic E-state index is 0.00654. The molecule has 1 N–H and O–H groups in total. The number of hydrogen-bond acceptors (Lipinski definition) is 4. The zero-order valence-electron chi connectivity index (χ0n) is 11.4. The maximum absolute atomic E-state index is 10.2. The number of phenolic OH excluding ortho intramolecular Hbond substituents is 1. The molecule has 1 aliphatic heterocycles. The van der Waals surface area contributed by atoms with E-state index in [1.807, 2.05) is 17.0 Å². The van der Waals surface area contributed by atoms with Crippen molar-refractivity contribution in [1.29, 1.82) is 0 Å². The Labute approximate surface area is 108 Å². The van der Waals surface area contributed by atoms with E-state index in [4.69, 9.17) is 4.74 Å². The molecule has 98 valence electrons. The fourth-order valence-corrected chi connectivity index (χ4v) is 1.96. The SMILES string of the molecule is COc1cc(C(C)(C)C)cc(N2C=NCC2)c1O. The van der Waals surface area contributed by atoms with Crippen LogP contribution in [0.4, 0.5) is 5.69 Å². The lowest BCUT2D eigenvalue weighted by Gasteiger charge is -2.24. The van der Waals surface area contributed by atoms with E-state index in [9.17, 15) is 5.11 Å². The Morgan fingerprint density at radius 2 is 2.06 bits per heavy atom. The summed E-state index contributed by atoms with van der Waals surface area (Å²) in [6.07, 6.45) is 1.76. The van der Waals surface area contributed by atoms with E-state index < -0.39 is 0 Å². The van der Waals surface area contributed by atoms with Crippen molar-refractivity contribution in [2.75, 3.05) is 25.1 Å². The second kappa shape index (κ2) is 4.52. The minimum atomic E-state index is 0.00654. The number of aromatic hydroxyl groups is 1. The van der Waals surface area contributed by atoms with Crippen LogP contribution in [-0.2, 0) is 5.41 Å². The van der Waals surface area contributed by atoms with E-state index >= 15 is 0 Å². The summed E-state index contributed by atoms with van der Waals surface area (Å²) < 4.78 is 5.26. The highest BCUT2D eigenvalue weighted by Crippen LogP contribution is 2.40. The van der Waals surface area contributed by atoms with Crippen LogP contribution in [0.5, 0.6) is 11.5 Å². The van der Waals surface area contributed by atoms with Crippen LogP contribution in [0.15, 0.2) is 17.1 Å².